The lowest BCUT2D eigenvalue weighted by Gasteiger charge is -2.18. The molecule has 0 fully saturated rings. The van der Waals surface area contributed by atoms with Crippen LogP contribution in [0.3, 0.4) is 0 Å². The molecule has 0 aromatic heterocycles. The van der Waals surface area contributed by atoms with Crippen LogP contribution in [0.25, 0.3) is 0 Å². The third-order valence-corrected chi connectivity index (χ3v) is 6.70. The molecule has 1 rings (SSSR count). The third-order valence-electron chi connectivity index (χ3n) is 3.26. The summed E-state index contributed by atoms with van der Waals surface area (Å²) in [6.45, 7) is 17.5. The highest BCUT2D eigenvalue weighted by Gasteiger charge is 2.21. The molecule has 0 aliphatic heterocycles. The van der Waals surface area contributed by atoms with E-state index in [2.05, 4.69) is 69.2 Å². The van der Waals surface area contributed by atoms with Gasteiger partial charge in [0, 0.05) is 5.57 Å². The van der Waals surface area contributed by atoms with Gasteiger partial charge in [-0.25, -0.2) is 0 Å². The van der Waals surface area contributed by atoms with E-state index in [1.54, 1.807) is 0 Å². The summed E-state index contributed by atoms with van der Waals surface area (Å²) < 4.78 is 0. The average Bonchev–Trinajstić information content (AvgIpc) is 2.45. The summed E-state index contributed by atoms with van der Waals surface area (Å²) in [6, 6.07) is 5.45. The highest BCUT2D eigenvalue weighted by molar-refractivity contribution is 6.85. The fraction of sp³-hybridized carbons (Fsp3) is 0.333. The molecule has 0 N–H and O–H groups in total. The van der Waals surface area contributed by atoms with E-state index in [1.165, 1.54) is 0 Å². The molecule has 0 spiro atoms. The summed E-state index contributed by atoms with van der Waals surface area (Å²) in [7, 11) is -3.15. The molecule has 0 radical (unpaired) electrons. The predicted molar refractivity (Wildman–Crippen MR) is 120 cm³/mol. The Hall–Kier alpha value is -1.17. The van der Waals surface area contributed by atoms with Crippen molar-refractivity contribution in [3.63, 3.8) is 0 Å². The van der Waals surface area contributed by atoms with E-state index in [9.17, 15) is 0 Å². The van der Waals surface area contributed by atoms with Crippen LogP contribution in [0.1, 0.15) is 12.0 Å². The van der Waals surface area contributed by atoms with E-state index in [-0.39, 0.29) is 0 Å². The molecule has 0 aliphatic rings. The van der Waals surface area contributed by atoms with Crippen molar-refractivity contribution in [1.82, 2.24) is 0 Å². The Bertz CT molecular complexity index is 778. The molecule has 4 heteroatoms. The Labute approximate surface area is 165 Å². The Morgan fingerprint density at radius 1 is 1.04 bits per heavy atom. The first-order chi connectivity index (χ1) is 11.5. The molecule has 0 heterocycles. The maximum atomic E-state index is 6.26. The van der Waals surface area contributed by atoms with Crippen LogP contribution in [-0.4, -0.2) is 16.1 Å². The molecule has 0 amide bonds. The molecule has 0 nitrogen and oxygen atoms in total. The first kappa shape index (κ1) is 21.9. The maximum absolute atomic E-state index is 6.26. The number of hydrogen-bond acceptors (Lipinski definition) is 0. The smallest absolute Gasteiger partial charge is 0.127 e. The quantitative estimate of drug-likeness (QED) is 0.289. The SMILES string of the molecule is C=CCC(C#C[Si](C)(C)C)=C(C#Cc1c(Cl)cccc1Cl)[Si](C)(C)C. The predicted octanol–water partition coefficient (Wildman–Crippen LogP) is 6.98. The zero-order valence-electron chi connectivity index (χ0n) is 16.0. The lowest BCUT2D eigenvalue weighted by molar-refractivity contribution is 1.30. The van der Waals surface area contributed by atoms with Gasteiger partial charge in [-0.15, -0.1) is 12.1 Å². The Balaban J connectivity index is 3.59. The summed E-state index contributed by atoms with van der Waals surface area (Å²) in [4.78, 5) is 0. The normalized spacial score (nSPS) is 12.3. The van der Waals surface area contributed by atoms with E-state index in [1.807, 2.05) is 24.3 Å². The van der Waals surface area contributed by atoms with Gasteiger partial charge in [-0.2, -0.15) is 0 Å². The molecule has 0 unspecified atom stereocenters. The molecular formula is C21H26Cl2Si2. The van der Waals surface area contributed by atoms with E-state index in [0.29, 0.717) is 15.6 Å². The van der Waals surface area contributed by atoms with E-state index < -0.39 is 16.1 Å². The lowest BCUT2D eigenvalue weighted by atomic mass is 10.1. The highest BCUT2D eigenvalue weighted by Crippen LogP contribution is 2.25. The maximum Gasteiger partial charge on any atom is 0.129 e. The van der Waals surface area contributed by atoms with Gasteiger partial charge in [0.15, 0.2) is 0 Å². The molecule has 0 bridgehead atoms. The summed E-state index contributed by atoms with van der Waals surface area (Å²) in [5.41, 5.74) is 5.23. The highest BCUT2D eigenvalue weighted by atomic mass is 35.5. The molecule has 1 aromatic carbocycles. The first-order valence-electron chi connectivity index (χ1n) is 8.29. The zero-order valence-corrected chi connectivity index (χ0v) is 19.5. The number of rotatable bonds is 3. The fourth-order valence-electron chi connectivity index (χ4n) is 2.08. The van der Waals surface area contributed by atoms with Gasteiger partial charge in [0.2, 0.25) is 0 Å². The second-order valence-corrected chi connectivity index (χ2v) is 18.5. The van der Waals surface area contributed by atoms with Crippen LogP contribution < -0.4 is 0 Å². The second kappa shape index (κ2) is 8.97. The van der Waals surface area contributed by atoms with Gasteiger partial charge < -0.3 is 0 Å². The van der Waals surface area contributed by atoms with Crippen molar-refractivity contribution in [3.8, 4) is 23.3 Å². The Kier molecular flexibility index (Phi) is 7.85. The summed E-state index contributed by atoms with van der Waals surface area (Å²) >= 11 is 12.5. The molecule has 0 saturated carbocycles. The van der Waals surface area contributed by atoms with Crippen LogP contribution in [0.4, 0.5) is 0 Å². The average molecular weight is 406 g/mol. The van der Waals surface area contributed by atoms with Crippen molar-refractivity contribution in [2.45, 2.75) is 45.7 Å². The van der Waals surface area contributed by atoms with Gasteiger partial charge in [-0.1, -0.05) is 92.4 Å². The van der Waals surface area contributed by atoms with Gasteiger partial charge in [-0.3, -0.25) is 0 Å². The Morgan fingerprint density at radius 3 is 2.04 bits per heavy atom. The van der Waals surface area contributed by atoms with Crippen molar-refractivity contribution >= 4 is 39.3 Å². The first-order valence-corrected chi connectivity index (χ1v) is 16.0. The molecule has 132 valence electrons. The minimum atomic E-state index is -1.69. The van der Waals surface area contributed by atoms with Crippen LogP contribution in [0.5, 0.6) is 0 Å². The van der Waals surface area contributed by atoms with Crippen molar-refractivity contribution in [1.29, 1.82) is 0 Å². The number of allylic oxidation sites excluding steroid dienone is 3. The standard InChI is InChI=1S/C21H26Cl2Si2/c1-8-10-17(15-16-24(2,3)4)21(25(5,6)7)14-13-18-19(22)11-9-12-20(18)23/h8-9,11-12H,1,10H2,2-7H3. The lowest BCUT2D eigenvalue weighted by Crippen LogP contribution is -2.25. The number of halogens is 2. The molecule has 25 heavy (non-hydrogen) atoms. The number of hydrogen-bond donors (Lipinski definition) is 0. The molecule has 1 aromatic rings. The van der Waals surface area contributed by atoms with Gasteiger partial charge >= 0.3 is 0 Å². The summed E-state index contributed by atoms with van der Waals surface area (Å²) in [5, 5.41) is 2.30. The Morgan fingerprint density at radius 2 is 1.60 bits per heavy atom. The van der Waals surface area contributed by atoms with Gasteiger partial charge in [0.05, 0.1) is 23.7 Å². The van der Waals surface area contributed by atoms with Crippen LogP contribution in [0.15, 0.2) is 41.6 Å². The minimum Gasteiger partial charge on any atom is -0.127 e. The van der Waals surface area contributed by atoms with E-state index in [4.69, 9.17) is 23.2 Å². The fourth-order valence-corrected chi connectivity index (χ4v) is 4.61. The van der Waals surface area contributed by atoms with Crippen molar-refractivity contribution in [2.24, 2.45) is 0 Å². The van der Waals surface area contributed by atoms with Crippen LogP contribution in [0.2, 0.25) is 49.3 Å². The molecule has 0 saturated heterocycles. The van der Waals surface area contributed by atoms with Gasteiger partial charge in [-0.05, 0) is 23.7 Å². The van der Waals surface area contributed by atoms with Crippen LogP contribution in [0, 0.1) is 23.3 Å². The topological polar surface area (TPSA) is 0 Å². The second-order valence-electron chi connectivity index (χ2n) is 7.94. The van der Waals surface area contributed by atoms with Crippen molar-refractivity contribution in [3.05, 3.63) is 57.2 Å². The summed E-state index contributed by atoms with van der Waals surface area (Å²) in [5.74, 6) is 9.98. The minimum absolute atomic E-state index is 0.577. The van der Waals surface area contributed by atoms with Crippen molar-refractivity contribution in [2.75, 3.05) is 0 Å². The largest absolute Gasteiger partial charge is 0.129 e. The van der Waals surface area contributed by atoms with Gasteiger partial charge in [0.1, 0.15) is 8.07 Å². The monoisotopic (exact) mass is 404 g/mol. The van der Waals surface area contributed by atoms with Crippen molar-refractivity contribution < 1.29 is 0 Å². The number of benzene rings is 1. The molecule has 0 aliphatic carbocycles. The van der Waals surface area contributed by atoms with E-state index in [0.717, 1.165) is 17.2 Å². The molecule has 0 atom stereocenters. The van der Waals surface area contributed by atoms with Gasteiger partial charge in [0.25, 0.3) is 0 Å². The van der Waals surface area contributed by atoms with E-state index >= 15 is 0 Å². The molecular weight excluding hydrogens is 379 g/mol. The summed E-state index contributed by atoms with van der Waals surface area (Å²) in [6.07, 6.45) is 2.64. The van der Waals surface area contributed by atoms with Crippen LogP contribution >= 0.6 is 23.2 Å². The third kappa shape index (κ3) is 7.31. The van der Waals surface area contributed by atoms with Crippen LogP contribution in [-0.2, 0) is 0 Å². The zero-order chi connectivity index (χ0) is 19.3.